The molecule has 1 aliphatic carbocycles. The Bertz CT molecular complexity index is 369. The molecule has 0 atom stereocenters. The average molecular weight is 328 g/mol. The first-order valence-corrected chi connectivity index (χ1v) is 7.32. The molecular formula is C15H21I. The van der Waals surface area contributed by atoms with Gasteiger partial charge in [0.05, 0.1) is 0 Å². The zero-order valence-electron chi connectivity index (χ0n) is 10.5. The third-order valence-electron chi connectivity index (χ3n) is 3.99. The van der Waals surface area contributed by atoms with Crippen LogP contribution in [0.15, 0.2) is 18.2 Å². The van der Waals surface area contributed by atoms with Crippen LogP contribution in [0.25, 0.3) is 0 Å². The maximum Gasteiger partial charge on any atom is 0.0159 e. The fourth-order valence-corrected chi connectivity index (χ4v) is 2.99. The lowest BCUT2D eigenvalue weighted by molar-refractivity contribution is 0.224. The number of rotatable bonds is 1. The van der Waals surface area contributed by atoms with E-state index < -0.39 is 0 Å². The summed E-state index contributed by atoms with van der Waals surface area (Å²) in [6.07, 6.45) is 5.49. The maximum absolute atomic E-state index is 2.42. The van der Waals surface area contributed by atoms with Crippen LogP contribution >= 0.6 is 22.6 Å². The lowest BCUT2D eigenvalue weighted by atomic mass is 9.71. The van der Waals surface area contributed by atoms with Crippen molar-refractivity contribution in [2.45, 2.75) is 52.4 Å². The summed E-state index contributed by atoms with van der Waals surface area (Å²) < 4.78 is 1.39. The molecule has 1 aromatic rings. The molecule has 0 bridgehead atoms. The van der Waals surface area contributed by atoms with Gasteiger partial charge >= 0.3 is 0 Å². The summed E-state index contributed by atoms with van der Waals surface area (Å²) in [7, 11) is 0. The average Bonchev–Trinajstić information content (AvgIpc) is 2.22. The molecular weight excluding hydrogens is 307 g/mol. The van der Waals surface area contributed by atoms with Gasteiger partial charge in [0, 0.05) is 3.57 Å². The molecule has 16 heavy (non-hydrogen) atoms. The largest absolute Gasteiger partial charge is 0.0599 e. The van der Waals surface area contributed by atoms with Gasteiger partial charge in [0.2, 0.25) is 0 Å². The second kappa shape index (κ2) is 4.67. The van der Waals surface area contributed by atoms with E-state index >= 15 is 0 Å². The molecule has 1 fully saturated rings. The molecule has 2 rings (SSSR count). The Morgan fingerprint density at radius 1 is 1.19 bits per heavy atom. The minimum Gasteiger partial charge on any atom is -0.0599 e. The van der Waals surface area contributed by atoms with E-state index in [1.807, 2.05) is 0 Å². The molecule has 0 aromatic heterocycles. The third-order valence-corrected chi connectivity index (χ3v) is 5.20. The predicted octanol–water partition coefficient (Wildman–Crippen LogP) is 5.28. The van der Waals surface area contributed by atoms with Crippen LogP contribution in [0, 0.1) is 15.9 Å². The van der Waals surface area contributed by atoms with Gasteiger partial charge in [-0.15, -0.1) is 0 Å². The van der Waals surface area contributed by atoms with E-state index in [2.05, 4.69) is 61.6 Å². The van der Waals surface area contributed by atoms with Crippen LogP contribution in [0.5, 0.6) is 0 Å². The van der Waals surface area contributed by atoms with E-state index in [0.29, 0.717) is 5.41 Å². The number of aryl methyl sites for hydroxylation is 1. The zero-order chi connectivity index (χ0) is 11.8. The van der Waals surface area contributed by atoms with E-state index in [1.165, 1.54) is 34.8 Å². The summed E-state index contributed by atoms with van der Waals surface area (Å²) in [4.78, 5) is 0. The molecule has 0 spiro atoms. The molecule has 0 unspecified atom stereocenters. The fraction of sp³-hybridized carbons (Fsp3) is 0.600. The van der Waals surface area contributed by atoms with Gasteiger partial charge in [-0.05, 0) is 83.7 Å². The zero-order valence-corrected chi connectivity index (χ0v) is 12.7. The highest BCUT2D eigenvalue weighted by Gasteiger charge is 2.27. The van der Waals surface area contributed by atoms with Crippen LogP contribution in [-0.4, -0.2) is 0 Å². The van der Waals surface area contributed by atoms with Gasteiger partial charge in [-0.1, -0.05) is 26.0 Å². The standard InChI is InChI=1S/C15H21I/c1-11-10-13(4-5-14(11)16)12-6-8-15(2,3)9-7-12/h4-5,10,12H,6-9H2,1-3H3. The summed E-state index contributed by atoms with van der Waals surface area (Å²) in [5.74, 6) is 0.809. The topological polar surface area (TPSA) is 0 Å². The maximum atomic E-state index is 2.42. The monoisotopic (exact) mass is 328 g/mol. The summed E-state index contributed by atoms with van der Waals surface area (Å²) in [6.45, 7) is 7.03. The van der Waals surface area contributed by atoms with Crippen molar-refractivity contribution in [3.63, 3.8) is 0 Å². The van der Waals surface area contributed by atoms with Crippen molar-refractivity contribution >= 4 is 22.6 Å². The van der Waals surface area contributed by atoms with Gasteiger partial charge < -0.3 is 0 Å². The molecule has 0 saturated heterocycles. The van der Waals surface area contributed by atoms with Gasteiger partial charge in [-0.3, -0.25) is 0 Å². The van der Waals surface area contributed by atoms with Crippen molar-refractivity contribution in [3.05, 3.63) is 32.9 Å². The Morgan fingerprint density at radius 3 is 2.38 bits per heavy atom. The van der Waals surface area contributed by atoms with Gasteiger partial charge in [0.1, 0.15) is 0 Å². The summed E-state index contributed by atoms with van der Waals surface area (Å²) in [5, 5.41) is 0. The molecule has 0 nitrogen and oxygen atoms in total. The van der Waals surface area contributed by atoms with Gasteiger partial charge in [-0.2, -0.15) is 0 Å². The molecule has 0 heterocycles. The van der Waals surface area contributed by atoms with Gasteiger partial charge in [0.25, 0.3) is 0 Å². The number of hydrogen-bond acceptors (Lipinski definition) is 0. The molecule has 0 radical (unpaired) electrons. The highest BCUT2D eigenvalue weighted by atomic mass is 127. The van der Waals surface area contributed by atoms with Gasteiger partial charge in [-0.25, -0.2) is 0 Å². The first-order chi connectivity index (χ1) is 7.48. The number of halogens is 1. The Kier molecular flexibility index (Phi) is 3.62. The Labute approximate surface area is 113 Å². The van der Waals surface area contributed by atoms with E-state index in [9.17, 15) is 0 Å². The van der Waals surface area contributed by atoms with Crippen LogP contribution in [0.4, 0.5) is 0 Å². The Hall–Kier alpha value is -0.0500. The summed E-state index contributed by atoms with van der Waals surface area (Å²) in [6, 6.07) is 6.99. The smallest absolute Gasteiger partial charge is 0.0159 e. The summed E-state index contributed by atoms with van der Waals surface area (Å²) in [5.41, 5.74) is 3.57. The van der Waals surface area contributed by atoms with E-state index in [0.717, 1.165) is 5.92 Å². The molecule has 1 saturated carbocycles. The SMILES string of the molecule is Cc1cc(C2CCC(C)(C)CC2)ccc1I. The van der Waals surface area contributed by atoms with Crippen LogP contribution < -0.4 is 0 Å². The lowest BCUT2D eigenvalue weighted by Crippen LogP contribution is -2.20. The Balaban J connectivity index is 2.11. The van der Waals surface area contributed by atoms with Crippen LogP contribution in [-0.2, 0) is 0 Å². The molecule has 0 amide bonds. The Morgan fingerprint density at radius 2 is 1.81 bits per heavy atom. The number of hydrogen-bond donors (Lipinski definition) is 0. The van der Waals surface area contributed by atoms with Crippen molar-refractivity contribution in [2.75, 3.05) is 0 Å². The highest BCUT2D eigenvalue weighted by molar-refractivity contribution is 14.1. The van der Waals surface area contributed by atoms with Crippen molar-refractivity contribution in [2.24, 2.45) is 5.41 Å². The molecule has 1 aliphatic rings. The normalized spacial score (nSPS) is 21.0. The van der Waals surface area contributed by atoms with E-state index in [1.54, 1.807) is 5.56 Å². The van der Waals surface area contributed by atoms with Crippen molar-refractivity contribution < 1.29 is 0 Å². The first kappa shape index (κ1) is 12.4. The van der Waals surface area contributed by atoms with Crippen molar-refractivity contribution in [1.82, 2.24) is 0 Å². The predicted molar refractivity (Wildman–Crippen MR) is 78.9 cm³/mol. The molecule has 0 N–H and O–H groups in total. The quantitative estimate of drug-likeness (QED) is 0.615. The summed E-state index contributed by atoms with van der Waals surface area (Å²) >= 11 is 2.42. The van der Waals surface area contributed by atoms with E-state index in [4.69, 9.17) is 0 Å². The van der Waals surface area contributed by atoms with Crippen LogP contribution in [0.2, 0.25) is 0 Å². The lowest BCUT2D eigenvalue weighted by Gasteiger charge is -2.34. The van der Waals surface area contributed by atoms with Crippen LogP contribution in [0.3, 0.4) is 0 Å². The first-order valence-electron chi connectivity index (χ1n) is 6.24. The highest BCUT2D eigenvalue weighted by Crippen LogP contribution is 2.42. The molecule has 0 aliphatic heterocycles. The minimum absolute atomic E-state index is 0.578. The molecule has 88 valence electrons. The molecule has 1 heteroatoms. The minimum atomic E-state index is 0.578. The van der Waals surface area contributed by atoms with Crippen molar-refractivity contribution in [3.8, 4) is 0 Å². The second-order valence-electron chi connectivity index (χ2n) is 5.95. The fourth-order valence-electron chi connectivity index (χ4n) is 2.65. The number of benzene rings is 1. The third kappa shape index (κ3) is 2.79. The molecule has 1 aromatic carbocycles. The van der Waals surface area contributed by atoms with E-state index in [-0.39, 0.29) is 0 Å². The van der Waals surface area contributed by atoms with Gasteiger partial charge in [0.15, 0.2) is 0 Å². The van der Waals surface area contributed by atoms with Crippen molar-refractivity contribution in [1.29, 1.82) is 0 Å². The van der Waals surface area contributed by atoms with Crippen LogP contribution in [0.1, 0.15) is 56.6 Å². The second-order valence-corrected chi connectivity index (χ2v) is 7.11.